The predicted molar refractivity (Wildman–Crippen MR) is 66.1 cm³/mol. The minimum absolute atomic E-state index is 0.0171. The molecular weight excluding hydrogens is 210 g/mol. The topological polar surface area (TPSA) is 52.3 Å². The minimum atomic E-state index is -0.0997. The van der Waals surface area contributed by atoms with E-state index in [0.29, 0.717) is 11.8 Å². The molecule has 0 aliphatic carbocycles. The molecule has 3 nitrogen and oxygen atoms in total. The maximum Gasteiger partial charge on any atom is 0.318 e. The number of rotatable bonds is 8. The number of ether oxygens (including phenoxy) is 1. The van der Waals surface area contributed by atoms with E-state index in [9.17, 15) is 4.79 Å². The molecule has 0 aliphatic heterocycles. The van der Waals surface area contributed by atoms with Crippen molar-refractivity contribution < 1.29 is 9.53 Å². The second-order valence-corrected chi connectivity index (χ2v) is 5.32. The molecule has 0 bridgehead atoms. The van der Waals surface area contributed by atoms with Crippen LogP contribution in [0.3, 0.4) is 0 Å². The number of hydrogen-bond acceptors (Lipinski definition) is 4. The van der Waals surface area contributed by atoms with Crippen LogP contribution in [0.4, 0.5) is 0 Å². The van der Waals surface area contributed by atoms with Gasteiger partial charge < -0.3 is 10.5 Å². The van der Waals surface area contributed by atoms with E-state index >= 15 is 0 Å². The van der Waals surface area contributed by atoms with Crippen LogP contribution < -0.4 is 5.73 Å². The molecule has 0 heterocycles. The number of thioether (sulfide) groups is 1. The summed E-state index contributed by atoms with van der Waals surface area (Å²) in [4.78, 5) is 11.5. The van der Waals surface area contributed by atoms with E-state index < -0.39 is 0 Å². The van der Waals surface area contributed by atoms with Crippen LogP contribution in [0.5, 0.6) is 0 Å². The summed E-state index contributed by atoms with van der Waals surface area (Å²) >= 11 is 1.69. The highest BCUT2D eigenvalue weighted by Crippen LogP contribution is 2.25. The summed E-state index contributed by atoms with van der Waals surface area (Å²) in [6, 6.07) is 0. The Kier molecular flexibility index (Phi) is 8.91. The van der Waals surface area contributed by atoms with Crippen molar-refractivity contribution in [3.8, 4) is 0 Å². The zero-order valence-electron chi connectivity index (χ0n) is 9.99. The smallest absolute Gasteiger partial charge is 0.318 e. The van der Waals surface area contributed by atoms with Crippen LogP contribution >= 0.6 is 11.8 Å². The van der Waals surface area contributed by atoms with Gasteiger partial charge in [0.2, 0.25) is 0 Å². The molecule has 4 heteroatoms. The van der Waals surface area contributed by atoms with Crippen molar-refractivity contribution in [2.45, 2.75) is 50.0 Å². The van der Waals surface area contributed by atoms with Crippen molar-refractivity contribution >= 4 is 17.7 Å². The Balaban J connectivity index is 4.05. The Morgan fingerprint density at radius 3 is 2.60 bits per heavy atom. The molecule has 2 atom stereocenters. The van der Waals surface area contributed by atoms with Gasteiger partial charge in [0, 0.05) is 5.25 Å². The number of esters is 1. The molecule has 0 fully saturated rings. The van der Waals surface area contributed by atoms with Crippen molar-refractivity contribution in [3.05, 3.63) is 0 Å². The van der Waals surface area contributed by atoms with E-state index in [0.717, 1.165) is 25.7 Å². The summed E-state index contributed by atoms with van der Waals surface area (Å²) < 4.78 is 4.80. The molecule has 0 aromatic heterocycles. The van der Waals surface area contributed by atoms with Crippen molar-refractivity contribution in [2.75, 3.05) is 13.7 Å². The molecule has 0 radical (unpaired) electrons. The molecule has 0 saturated carbocycles. The fourth-order valence-electron chi connectivity index (χ4n) is 1.35. The first-order chi connectivity index (χ1) is 7.15. The van der Waals surface area contributed by atoms with Gasteiger partial charge in [-0.1, -0.05) is 26.7 Å². The number of carbonyl (C=O) groups excluding carboxylic acids is 1. The molecule has 2 unspecified atom stereocenters. The molecule has 0 aliphatic rings. The van der Waals surface area contributed by atoms with E-state index in [4.69, 9.17) is 10.5 Å². The summed E-state index contributed by atoms with van der Waals surface area (Å²) in [5, 5.41) is 0.410. The SMILES string of the molecule is CCCCC(SC(C)CCN)C(=O)OC. The van der Waals surface area contributed by atoms with Gasteiger partial charge in [-0.05, 0) is 19.4 Å². The van der Waals surface area contributed by atoms with E-state index in [-0.39, 0.29) is 11.2 Å². The Labute approximate surface area is 97.1 Å². The highest BCUT2D eigenvalue weighted by atomic mass is 32.2. The monoisotopic (exact) mass is 233 g/mol. The second-order valence-electron chi connectivity index (χ2n) is 3.68. The minimum Gasteiger partial charge on any atom is -0.468 e. The summed E-state index contributed by atoms with van der Waals surface area (Å²) in [7, 11) is 1.45. The second kappa shape index (κ2) is 9.04. The predicted octanol–water partition coefficient (Wildman–Crippen LogP) is 2.19. The van der Waals surface area contributed by atoms with Gasteiger partial charge in [-0.2, -0.15) is 0 Å². The normalized spacial score (nSPS) is 14.7. The molecule has 0 rings (SSSR count). The lowest BCUT2D eigenvalue weighted by Gasteiger charge is -2.18. The fraction of sp³-hybridized carbons (Fsp3) is 0.909. The van der Waals surface area contributed by atoms with Crippen molar-refractivity contribution in [1.29, 1.82) is 0 Å². The van der Waals surface area contributed by atoms with Gasteiger partial charge >= 0.3 is 5.97 Å². The highest BCUT2D eigenvalue weighted by molar-refractivity contribution is 8.01. The zero-order valence-corrected chi connectivity index (χ0v) is 10.8. The lowest BCUT2D eigenvalue weighted by Crippen LogP contribution is -2.22. The number of nitrogens with two attached hydrogens (primary N) is 1. The average molecular weight is 233 g/mol. The molecule has 0 aromatic rings. The Morgan fingerprint density at radius 1 is 1.47 bits per heavy atom. The first kappa shape index (κ1) is 14.8. The van der Waals surface area contributed by atoms with Gasteiger partial charge in [0.1, 0.15) is 5.25 Å². The summed E-state index contributed by atoms with van der Waals surface area (Å²) in [6.07, 6.45) is 4.04. The molecule has 0 saturated heterocycles. The molecule has 0 aromatic carbocycles. The lowest BCUT2D eigenvalue weighted by atomic mass is 10.2. The number of carbonyl (C=O) groups is 1. The molecule has 0 amide bonds. The molecular formula is C11H23NO2S. The first-order valence-corrected chi connectivity index (χ1v) is 6.53. The van der Waals surface area contributed by atoms with Gasteiger partial charge in [-0.25, -0.2) is 0 Å². The molecule has 15 heavy (non-hydrogen) atoms. The molecule has 2 N–H and O–H groups in total. The lowest BCUT2D eigenvalue weighted by molar-refractivity contribution is -0.140. The Bertz CT molecular complexity index is 176. The number of methoxy groups -OCH3 is 1. The first-order valence-electron chi connectivity index (χ1n) is 5.59. The van der Waals surface area contributed by atoms with Crippen LogP contribution in [0.1, 0.15) is 39.5 Å². The van der Waals surface area contributed by atoms with Crippen LogP contribution in [0, 0.1) is 0 Å². The third-order valence-electron chi connectivity index (χ3n) is 2.25. The van der Waals surface area contributed by atoms with Crippen molar-refractivity contribution in [3.63, 3.8) is 0 Å². The number of unbranched alkanes of at least 4 members (excludes halogenated alkanes) is 1. The Hall–Kier alpha value is -0.220. The van der Waals surface area contributed by atoms with E-state index in [1.54, 1.807) is 11.8 Å². The van der Waals surface area contributed by atoms with Crippen LogP contribution in [-0.4, -0.2) is 30.1 Å². The fourth-order valence-corrected chi connectivity index (χ4v) is 2.69. The molecule has 90 valence electrons. The summed E-state index contributed by atoms with van der Waals surface area (Å²) in [5.41, 5.74) is 5.48. The maximum absolute atomic E-state index is 11.5. The largest absolute Gasteiger partial charge is 0.468 e. The number of hydrogen-bond donors (Lipinski definition) is 1. The van der Waals surface area contributed by atoms with E-state index in [1.165, 1.54) is 7.11 Å². The Morgan fingerprint density at radius 2 is 2.13 bits per heavy atom. The van der Waals surface area contributed by atoms with Gasteiger partial charge in [0.25, 0.3) is 0 Å². The quantitative estimate of drug-likeness (QED) is 0.653. The van der Waals surface area contributed by atoms with Gasteiger partial charge in [0.15, 0.2) is 0 Å². The van der Waals surface area contributed by atoms with Crippen LogP contribution in [0.15, 0.2) is 0 Å². The van der Waals surface area contributed by atoms with Crippen LogP contribution in [0.2, 0.25) is 0 Å². The van der Waals surface area contributed by atoms with Crippen LogP contribution in [0.25, 0.3) is 0 Å². The summed E-state index contributed by atoms with van der Waals surface area (Å²) in [5.74, 6) is -0.0997. The van der Waals surface area contributed by atoms with Gasteiger partial charge in [-0.15, -0.1) is 11.8 Å². The zero-order chi connectivity index (χ0) is 11.7. The van der Waals surface area contributed by atoms with E-state index in [1.807, 2.05) is 0 Å². The summed E-state index contributed by atoms with van der Waals surface area (Å²) in [6.45, 7) is 4.91. The highest BCUT2D eigenvalue weighted by Gasteiger charge is 2.21. The van der Waals surface area contributed by atoms with Crippen LogP contribution in [-0.2, 0) is 9.53 Å². The van der Waals surface area contributed by atoms with E-state index in [2.05, 4.69) is 13.8 Å². The average Bonchev–Trinajstić information content (AvgIpc) is 2.23. The van der Waals surface area contributed by atoms with Crippen molar-refractivity contribution in [2.24, 2.45) is 5.73 Å². The van der Waals surface area contributed by atoms with Crippen molar-refractivity contribution in [1.82, 2.24) is 0 Å². The maximum atomic E-state index is 11.5. The van der Waals surface area contributed by atoms with Gasteiger partial charge in [-0.3, -0.25) is 4.79 Å². The third kappa shape index (κ3) is 6.79. The standard InChI is InChI=1S/C11H23NO2S/c1-4-5-6-10(11(13)14-3)15-9(2)7-8-12/h9-10H,4-8,12H2,1-3H3. The molecule has 0 spiro atoms. The van der Waals surface area contributed by atoms with Gasteiger partial charge in [0.05, 0.1) is 7.11 Å². The third-order valence-corrected chi connectivity index (χ3v) is 3.71.